The number of hydrogen-bond donors (Lipinski definition) is 1. The van der Waals surface area contributed by atoms with Gasteiger partial charge in [0.25, 0.3) is 5.91 Å². The van der Waals surface area contributed by atoms with Crippen LogP contribution in [-0.2, 0) is 4.79 Å². The van der Waals surface area contributed by atoms with Crippen molar-refractivity contribution < 1.29 is 9.59 Å². The Morgan fingerprint density at radius 3 is 2.77 bits per heavy atom. The third-order valence-corrected chi connectivity index (χ3v) is 6.17. The molecule has 1 N–H and O–H groups in total. The normalized spacial score (nSPS) is 29.0. The Morgan fingerprint density at radius 1 is 1.27 bits per heavy atom. The lowest BCUT2D eigenvalue weighted by Gasteiger charge is -2.32. The first-order chi connectivity index (χ1) is 12.4. The Balaban J connectivity index is 1.45. The summed E-state index contributed by atoms with van der Waals surface area (Å²) in [6.45, 7) is 7.10. The molecule has 2 amide bonds. The number of aromatic amines is 1. The Morgan fingerprint density at radius 2 is 2.08 bits per heavy atom. The van der Waals surface area contributed by atoms with Gasteiger partial charge in [0.2, 0.25) is 5.91 Å². The number of H-pyrrole nitrogens is 1. The summed E-state index contributed by atoms with van der Waals surface area (Å²) in [6, 6.07) is 2.41. The summed E-state index contributed by atoms with van der Waals surface area (Å²) in [7, 11) is 2.11. The zero-order chi connectivity index (χ0) is 18.4. The fraction of sp³-hybridized carbons (Fsp3) is 0.737. The second kappa shape index (κ2) is 6.68. The van der Waals surface area contributed by atoms with E-state index < -0.39 is 0 Å². The van der Waals surface area contributed by atoms with Gasteiger partial charge in [0.15, 0.2) is 0 Å². The summed E-state index contributed by atoms with van der Waals surface area (Å²) >= 11 is 0. The zero-order valence-electron chi connectivity index (χ0n) is 15.9. The highest BCUT2D eigenvalue weighted by molar-refractivity contribution is 5.92. The Labute approximate surface area is 154 Å². The molecule has 26 heavy (non-hydrogen) atoms. The number of likely N-dealkylation sites (tertiary alicyclic amines) is 3. The van der Waals surface area contributed by atoms with Crippen molar-refractivity contribution in [3.8, 4) is 0 Å². The van der Waals surface area contributed by atoms with Gasteiger partial charge in [0.05, 0.1) is 11.7 Å². The third-order valence-electron chi connectivity index (χ3n) is 6.17. The predicted octanol–water partition coefficient (Wildman–Crippen LogP) is 1.51. The summed E-state index contributed by atoms with van der Waals surface area (Å²) in [5.41, 5.74) is 1.54. The van der Waals surface area contributed by atoms with Gasteiger partial charge in [-0.2, -0.15) is 5.10 Å². The van der Waals surface area contributed by atoms with E-state index in [4.69, 9.17) is 0 Å². The molecule has 7 nitrogen and oxygen atoms in total. The first kappa shape index (κ1) is 17.5. The van der Waals surface area contributed by atoms with E-state index in [9.17, 15) is 9.59 Å². The minimum Gasteiger partial charge on any atom is -0.337 e. The minimum atomic E-state index is -0.0123. The van der Waals surface area contributed by atoms with Crippen LogP contribution >= 0.6 is 0 Å². The van der Waals surface area contributed by atoms with Crippen LogP contribution in [0.3, 0.4) is 0 Å². The molecule has 0 saturated carbocycles. The van der Waals surface area contributed by atoms with E-state index in [0.717, 1.165) is 38.2 Å². The Hall–Kier alpha value is -1.89. The molecule has 4 heterocycles. The number of aromatic nitrogens is 2. The molecule has 3 fully saturated rings. The van der Waals surface area contributed by atoms with Gasteiger partial charge in [-0.3, -0.25) is 19.6 Å². The first-order valence-corrected chi connectivity index (χ1v) is 9.79. The molecule has 3 aliphatic heterocycles. The summed E-state index contributed by atoms with van der Waals surface area (Å²) in [5, 5.41) is 7.37. The first-order valence-electron chi connectivity index (χ1n) is 9.79. The quantitative estimate of drug-likeness (QED) is 0.888. The number of amides is 2. The zero-order valence-corrected chi connectivity index (χ0v) is 15.9. The molecule has 0 radical (unpaired) electrons. The van der Waals surface area contributed by atoms with Gasteiger partial charge >= 0.3 is 0 Å². The smallest absolute Gasteiger partial charge is 0.274 e. The van der Waals surface area contributed by atoms with Gasteiger partial charge in [0.1, 0.15) is 5.69 Å². The van der Waals surface area contributed by atoms with Crippen LogP contribution in [-0.4, -0.2) is 76.0 Å². The molecule has 7 heteroatoms. The fourth-order valence-corrected chi connectivity index (χ4v) is 4.81. The Bertz CT molecular complexity index is 700. The maximum Gasteiger partial charge on any atom is 0.274 e. The summed E-state index contributed by atoms with van der Waals surface area (Å²) in [6.07, 6.45) is 3.30. The Kier molecular flexibility index (Phi) is 4.50. The van der Waals surface area contributed by atoms with E-state index in [1.807, 2.05) is 29.7 Å². The van der Waals surface area contributed by atoms with Crippen molar-refractivity contribution in [2.75, 3.05) is 33.2 Å². The SMILES string of the molecule is CC(C)C(=O)N1CC2CC1CN(C(=O)c1cc(C3CCCN3C)[nH]n1)C2. The summed E-state index contributed by atoms with van der Waals surface area (Å²) in [4.78, 5) is 31.6. The lowest BCUT2D eigenvalue weighted by Crippen LogP contribution is -2.47. The van der Waals surface area contributed by atoms with Gasteiger partial charge in [-0.15, -0.1) is 0 Å². The summed E-state index contributed by atoms with van der Waals surface area (Å²) in [5.74, 6) is 0.593. The van der Waals surface area contributed by atoms with Gasteiger partial charge in [-0.05, 0) is 44.8 Å². The lowest BCUT2D eigenvalue weighted by molar-refractivity contribution is -0.135. The van der Waals surface area contributed by atoms with Crippen LogP contribution in [0.1, 0.15) is 55.3 Å². The largest absolute Gasteiger partial charge is 0.337 e. The van der Waals surface area contributed by atoms with Crippen LogP contribution in [0.5, 0.6) is 0 Å². The van der Waals surface area contributed by atoms with Crippen molar-refractivity contribution >= 4 is 11.8 Å². The van der Waals surface area contributed by atoms with Crippen LogP contribution in [0, 0.1) is 11.8 Å². The van der Waals surface area contributed by atoms with E-state index in [1.165, 1.54) is 6.42 Å². The number of hydrogen-bond acceptors (Lipinski definition) is 4. The molecule has 0 aliphatic carbocycles. The second-order valence-electron chi connectivity index (χ2n) is 8.46. The lowest BCUT2D eigenvalue weighted by atomic mass is 9.99. The molecular weight excluding hydrogens is 330 g/mol. The second-order valence-corrected chi connectivity index (χ2v) is 8.46. The molecule has 2 bridgehead atoms. The maximum absolute atomic E-state index is 13.0. The highest BCUT2D eigenvalue weighted by Crippen LogP contribution is 2.32. The highest BCUT2D eigenvalue weighted by Gasteiger charge is 2.43. The number of carbonyl (C=O) groups excluding carboxylic acids is 2. The van der Waals surface area contributed by atoms with Crippen molar-refractivity contribution in [2.45, 2.75) is 45.2 Å². The van der Waals surface area contributed by atoms with Crippen molar-refractivity contribution in [3.63, 3.8) is 0 Å². The van der Waals surface area contributed by atoms with Crippen LogP contribution in [0.15, 0.2) is 6.07 Å². The molecule has 1 aromatic rings. The number of fused-ring (bicyclic) bond motifs is 2. The molecule has 0 aromatic carbocycles. The van der Waals surface area contributed by atoms with Crippen LogP contribution in [0.25, 0.3) is 0 Å². The van der Waals surface area contributed by atoms with E-state index in [-0.39, 0.29) is 23.8 Å². The van der Waals surface area contributed by atoms with Gasteiger partial charge in [0, 0.05) is 31.6 Å². The van der Waals surface area contributed by atoms with Crippen LogP contribution in [0.2, 0.25) is 0 Å². The molecule has 4 rings (SSSR count). The van der Waals surface area contributed by atoms with Gasteiger partial charge in [-0.25, -0.2) is 0 Å². The molecule has 3 unspecified atom stereocenters. The third kappa shape index (κ3) is 3.02. The maximum atomic E-state index is 13.0. The highest BCUT2D eigenvalue weighted by atomic mass is 16.2. The molecule has 3 aliphatic rings. The van der Waals surface area contributed by atoms with E-state index in [1.54, 1.807) is 0 Å². The van der Waals surface area contributed by atoms with Crippen LogP contribution < -0.4 is 0 Å². The number of nitrogens with zero attached hydrogens (tertiary/aromatic N) is 4. The molecule has 142 valence electrons. The topological polar surface area (TPSA) is 72.5 Å². The number of carbonyl (C=O) groups is 2. The average Bonchev–Trinajstić information content (AvgIpc) is 3.32. The predicted molar refractivity (Wildman–Crippen MR) is 97.5 cm³/mol. The minimum absolute atomic E-state index is 0.0100. The van der Waals surface area contributed by atoms with E-state index in [0.29, 0.717) is 24.2 Å². The fourth-order valence-electron chi connectivity index (χ4n) is 4.81. The number of nitrogens with one attached hydrogen (secondary N) is 1. The molecule has 0 spiro atoms. The van der Waals surface area contributed by atoms with E-state index in [2.05, 4.69) is 22.1 Å². The number of rotatable bonds is 3. The van der Waals surface area contributed by atoms with Crippen molar-refractivity contribution in [2.24, 2.45) is 11.8 Å². The number of piperidine rings is 1. The summed E-state index contributed by atoms with van der Waals surface area (Å²) < 4.78 is 0. The average molecular weight is 359 g/mol. The van der Waals surface area contributed by atoms with Gasteiger partial charge in [-0.1, -0.05) is 13.8 Å². The monoisotopic (exact) mass is 359 g/mol. The molecule has 1 aromatic heterocycles. The molecule has 3 saturated heterocycles. The molecule has 3 atom stereocenters. The van der Waals surface area contributed by atoms with Crippen molar-refractivity contribution in [3.05, 3.63) is 17.5 Å². The standard InChI is InChI=1S/C19H29N5O2/c1-12(2)18(25)24-10-13-7-14(24)11-23(9-13)19(26)16-8-15(20-21-16)17-5-4-6-22(17)3/h8,12-14,17H,4-7,9-11H2,1-3H3,(H,20,21). The van der Waals surface area contributed by atoms with Gasteiger partial charge < -0.3 is 9.80 Å². The van der Waals surface area contributed by atoms with Crippen molar-refractivity contribution in [1.82, 2.24) is 24.9 Å². The van der Waals surface area contributed by atoms with Crippen LogP contribution in [0.4, 0.5) is 0 Å². The molecular formula is C19H29N5O2. The van der Waals surface area contributed by atoms with Crippen molar-refractivity contribution in [1.29, 1.82) is 0 Å². The van der Waals surface area contributed by atoms with E-state index >= 15 is 0 Å².